The van der Waals surface area contributed by atoms with E-state index in [4.69, 9.17) is 4.98 Å². The fraction of sp³-hybridized carbons (Fsp3) is 0.143. The summed E-state index contributed by atoms with van der Waals surface area (Å²) in [5.74, 6) is 0.815. The maximum Gasteiger partial charge on any atom is 0.177 e. The lowest BCUT2D eigenvalue weighted by atomic mass is 10.2. The maximum atomic E-state index is 4.80. The van der Waals surface area contributed by atoms with E-state index in [1.54, 1.807) is 6.20 Å². The number of nitrogens with zero attached hydrogens (tertiary/aromatic N) is 6. The van der Waals surface area contributed by atoms with Crippen LogP contribution in [0.1, 0.15) is 17.0 Å². The normalized spacial score (nSPS) is 11.4. The second kappa shape index (κ2) is 6.45. The molecular formula is C21H19N7. The Balaban J connectivity index is 1.52. The minimum atomic E-state index is 0.632. The summed E-state index contributed by atoms with van der Waals surface area (Å²) >= 11 is 0. The maximum absolute atomic E-state index is 4.80. The van der Waals surface area contributed by atoms with Crippen LogP contribution in [0.25, 0.3) is 28.2 Å². The molecule has 7 heteroatoms. The zero-order chi connectivity index (χ0) is 19.1. The smallest absolute Gasteiger partial charge is 0.177 e. The number of rotatable bonds is 4. The molecule has 0 bridgehead atoms. The van der Waals surface area contributed by atoms with Gasteiger partial charge in [0.15, 0.2) is 5.65 Å². The summed E-state index contributed by atoms with van der Waals surface area (Å²) in [6.45, 7) is 4.69. The van der Waals surface area contributed by atoms with Gasteiger partial charge in [-0.15, -0.1) is 0 Å². The first-order chi connectivity index (χ1) is 13.7. The zero-order valence-corrected chi connectivity index (χ0v) is 15.7. The molecule has 0 fully saturated rings. The number of hydrogen-bond acceptors (Lipinski definition) is 4. The Morgan fingerprint density at radius 2 is 1.96 bits per heavy atom. The minimum absolute atomic E-state index is 0.632. The van der Waals surface area contributed by atoms with Gasteiger partial charge in [0.2, 0.25) is 0 Å². The summed E-state index contributed by atoms with van der Waals surface area (Å²) in [5, 5.41) is 9.02. The summed E-state index contributed by atoms with van der Waals surface area (Å²) < 4.78 is 3.84. The quantitative estimate of drug-likeness (QED) is 0.524. The van der Waals surface area contributed by atoms with E-state index >= 15 is 0 Å². The van der Waals surface area contributed by atoms with Crippen molar-refractivity contribution in [3.05, 3.63) is 78.0 Å². The number of benzene rings is 1. The van der Waals surface area contributed by atoms with Crippen LogP contribution in [0.3, 0.4) is 0 Å². The van der Waals surface area contributed by atoms with Crippen LogP contribution in [0.15, 0.2) is 61.1 Å². The number of aromatic amines is 1. The second-order valence-corrected chi connectivity index (χ2v) is 6.88. The van der Waals surface area contributed by atoms with Crippen molar-refractivity contribution >= 4 is 11.2 Å². The third-order valence-corrected chi connectivity index (χ3v) is 4.71. The van der Waals surface area contributed by atoms with Crippen LogP contribution >= 0.6 is 0 Å². The fourth-order valence-corrected chi connectivity index (χ4v) is 3.44. The van der Waals surface area contributed by atoms with Crippen molar-refractivity contribution in [2.75, 3.05) is 0 Å². The molecule has 1 N–H and O–H groups in total. The molecule has 5 aromatic rings. The van der Waals surface area contributed by atoms with Crippen LogP contribution in [0.2, 0.25) is 0 Å². The Bertz CT molecular complexity index is 1260. The first-order valence-corrected chi connectivity index (χ1v) is 9.12. The highest BCUT2D eigenvalue weighted by Crippen LogP contribution is 2.23. The molecule has 7 nitrogen and oxygen atoms in total. The molecule has 0 atom stereocenters. The first-order valence-electron chi connectivity index (χ1n) is 9.12. The molecule has 5 rings (SSSR count). The summed E-state index contributed by atoms with van der Waals surface area (Å²) in [6.07, 6.45) is 5.43. The molecular weight excluding hydrogens is 350 g/mol. The topological polar surface area (TPSA) is 77.2 Å². The minimum Gasteiger partial charge on any atom is -0.335 e. The van der Waals surface area contributed by atoms with E-state index in [0.717, 1.165) is 45.2 Å². The summed E-state index contributed by atoms with van der Waals surface area (Å²) in [5.41, 5.74) is 6.96. The van der Waals surface area contributed by atoms with Crippen molar-refractivity contribution < 1.29 is 0 Å². The second-order valence-electron chi connectivity index (χ2n) is 6.88. The number of imidazole rings is 1. The molecule has 0 aliphatic carbocycles. The van der Waals surface area contributed by atoms with E-state index in [9.17, 15) is 0 Å². The van der Waals surface area contributed by atoms with Gasteiger partial charge in [0.1, 0.15) is 11.3 Å². The average Bonchev–Trinajstić information content (AvgIpc) is 3.38. The van der Waals surface area contributed by atoms with Crippen molar-refractivity contribution in [2.45, 2.75) is 20.4 Å². The molecule has 0 radical (unpaired) electrons. The van der Waals surface area contributed by atoms with Gasteiger partial charge in [-0.3, -0.25) is 4.98 Å². The van der Waals surface area contributed by atoms with Crippen LogP contribution < -0.4 is 0 Å². The lowest BCUT2D eigenvalue weighted by molar-refractivity contribution is 0.702. The molecule has 0 saturated heterocycles. The van der Waals surface area contributed by atoms with Crippen LogP contribution in [0.5, 0.6) is 0 Å². The molecule has 0 aliphatic heterocycles. The highest BCUT2D eigenvalue weighted by molar-refractivity contribution is 5.76. The Labute approximate surface area is 161 Å². The Morgan fingerprint density at radius 3 is 2.75 bits per heavy atom. The van der Waals surface area contributed by atoms with Crippen molar-refractivity contribution in [1.29, 1.82) is 0 Å². The van der Waals surface area contributed by atoms with Crippen molar-refractivity contribution in [2.24, 2.45) is 0 Å². The lowest BCUT2D eigenvalue weighted by Crippen LogP contribution is -2.02. The Morgan fingerprint density at radius 1 is 1.04 bits per heavy atom. The highest BCUT2D eigenvalue weighted by Gasteiger charge is 2.12. The van der Waals surface area contributed by atoms with E-state index in [1.807, 2.05) is 52.9 Å². The Hall–Kier alpha value is -3.74. The number of nitrogens with one attached hydrogen (secondary N) is 1. The molecule has 0 saturated carbocycles. The fourth-order valence-electron chi connectivity index (χ4n) is 3.44. The van der Waals surface area contributed by atoms with Crippen LogP contribution in [-0.2, 0) is 6.54 Å². The predicted molar refractivity (Wildman–Crippen MR) is 107 cm³/mol. The summed E-state index contributed by atoms with van der Waals surface area (Å²) in [7, 11) is 0. The number of hydrogen-bond donors (Lipinski definition) is 1. The van der Waals surface area contributed by atoms with Crippen LogP contribution in [0, 0.1) is 13.8 Å². The molecule has 0 unspecified atom stereocenters. The molecule has 4 heterocycles. The number of aromatic nitrogens is 7. The third kappa shape index (κ3) is 2.87. The molecule has 0 aliphatic rings. The predicted octanol–water partition coefficient (Wildman–Crippen LogP) is 3.67. The summed E-state index contributed by atoms with van der Waals surface area (Å²) in [6, 6.07) is 14.2. The molecule has 138 valence electrons. The van der Waals surface area contributed by atoms with Gasteiger partial charge in [-0.25, -0.2) is 14.3 Å². The largest absolute Gasteiger partial charge is 0.335 e. The van der Waals surface area contributed by atoms with Crippen LogP contribution in [-0.4, -0.2) is 34.5 Å². The lowest BCUT2D eigenvalue weighted by Gasteiger charge is -2.06. The van der Waals surface area contributed by atoms with Gasteiger partial charge in [-0.1, -0.05) is 18.2 Å². The van der Waals surface area contributed by atoms with Crippen molar-refractivity contribution in [3.63, 3.8) is 0 Å². The van der Waals surface area contributed by atoms with E-state index in [-0.39, 0.29) is 0 Å². The van der Waals surface area contributed by atoms with Gasteiger partial charge >= 0.3 is 0 Å². The highest BCUT2D eigenvalue weighted by atomic mass is 15.3. The SMILES string of the molecule is Cc1cc(C)n(-c2cccc(-c3nc4c(cnn4Cc4cccnc4)[nH]3)c2)n1. The molecule has 28 heavy (non-hydrogen) atoms. The standard InChI is InChI=1S/C21H19N7/c1-14-9-15(2)28(26-14)18-7-3-6-17(10-18)20-24-19-12-23-27(21(19)25-20)13-16-5-4-8-22-11-16/h3-12H,13H2,1-2H3,(H,24,25). The Kier molecular flexibility index (Phi) is 3.79. The summed E-state index contributed by atoms with van der Waals surface area (Å²) in [4.78, 5) is 12.3. The van der Waals surface area contributed by atoms with E-state index in [2.05, 4.69) is 45.3 Å². The first kappa shape index (κ1) is 16.4. The number of fused-ring (bicyclic) bond motifs is 1. The molecule has 4 aromatic heterocycles. The zero-order valence-electron chi connectivity index (χ0n) is 15.7. The van der Waals surface area contributed by atoms with E-state index < -0.39 is 0 Å². The molecule has 0 spiro atoms. The van der Waals surface area contributed by atoms with Gasteiger partial charge in [-0.05, 0) is 43.7 Å². The van der Waals surface area contributed by atoms with Crippen molar-refractivity contribution in [3.8, 4) is 17.1 Å². The molecule has 1 aromatic carbocycles. The third-order valence-electron chi connectivity index (χ3n) is 4.71. The monoisotopic (exact) mass is 369 g/mol. The van der Waals surface area contributed by atoms with E-state index in [0.29, 0.717) is 6.54 Å². The number of aryl methyl sites for hydroxylation is 2. The van der Waals surface area contributed by atoms with Gasteiger partial charge < -0.3 is 4.98 Å². The van der Waals surface area contributed by atoms with Gasteiger partial charge in [0.25, 0.3) is 0 Å². The van der Waals surface area contributed by atoms with Gasteiger partial charge in [-0.2, -0.15) is 10.2 Å². The van der Waals surface area contributed by atoms with Crippen LogP contribution in [0.4, 0.5) is 0 Å². The average molecular weight is 369 g/mol. The number of H-pyrrole nitrogens is 1. The van der Waals surface area contributed by atoms with Crippen molar-refractivity contribution in [1.82, 2.24) is 34.5 Å². The molecule has 0 amide bonds. The number of pyridine rings is 1. The van der Waals surface area contributed by atoms with Gasteiger partial charge in [0.05, 0.1) is 24.1 Å². The van der Waals surface area contributed by atoms with E-state index in [1.165, 1.54) is 0 Å². The van der Waals surface area contributed by atoms with Gasteiger partial charge in [0, 0.05) is 23.7 Å².